The number of benzene rings is 4. The second-order valence-electron chi connectivity index (χ2n) is 15.0. The molecule has 0 aliphatic carbocycles. The van der Waals surface area contributed by atoms with Crippen LogP contribution in [0.3, 0.4) is 0 Å². The Morgan fingerprint density at radius 3 is 1.63 bits per heavy atom. The van der Waals surface area contributed by atoms with Crippen molar-refractivity contribution < 1.29 is 42.4 Å². The van der Waals surface area contributed by atoms with Gasteiger partial charge >= 0.3 is 5.97 Å². The molecule has 2 fully saturated rings. The first kappa shape index (κ1) is 44.0. The Hall–Kier alpha value is -6.02. The lowest BCUT2D eigenvalue weighted by atomic mass is 9.86. The van der Waals surface area contributed by atoms with E-state index in [9.17, 15) is 18.4 Å². The standard InChI is InChI=1S/C23H20ClFN2O3.C15H15ClN2O.C8H7FO3.CH4/c1-29-16-5-6-18(25)17(14-16)22(28)26-11-8-23(9-12-26)21-3-2-10-27(21)19-7-4-15(24)13-20(19)30-23;16-11-3-4-12-13(10-11)19-15(5-7-17-8-6-15)14-2-1-9-18(12)14;1-12-5-2-3-7(9)6(4-5)8(10)11;/h2-7,10,13-14H,8-9,11-12H2,1H3;1-4,9-10,17H,5-8H2;2-4H,1H3,(H,10,11);1H4. The Kier molecular flexibility index (Phi) is 12.9. The SMILES string of the molecule is C.COc1ccc(F)c(C(=O)N2CCC3(CC2)Oc2cc(Cl)ccc2-n2cccc23)c1.COc1ccc(F)c(C(=O)O)c1.Clc1ccc2c(c1)OC1(CCNCC1)c1cccn1-2. The van der Waals surface area contributed by atoms with Gasteiger partial charge in [-0.05, 0) is 98.0 Å². The topological polar surface area (TPSA) is 116 Å². The summed E-state index contributed by atoms with van der Waals surface area (Å²) in [5.74, 6) is -0.551. The monoisotopic (exact) mass is 886 g/mol. The number of carbonyl (C=O) groups is 2. The predicted octanol–water partition coefficient (Wildman–Crippen LogP) is 10.1. The van der Waals surface area contributed by atoms with Crippen LogP contribution in [-0.2, 0) is 11.2 Å². The zero-order chi connectivity index (χ0) is 42.9. The van der Waals surface area contributed by atoms with Gasteiger partial charge in [0.2, 0.25) is 0 Å². The largest absolute Gasteiger partial charge is 0.497 e. The average Bonchev–Trinajstić information content (AvgIpc) is 3.98. The number of nitrogens with one attached hydrogen (secondary N) is 1. The molecule has 0 saturated carbocycles. The lowest BCUT2D eigenvalue weighted by Crippen LogP contribution is -2.50. The number of likely N-dealkylation sites (tertiary alicyclic amines) is 1. The van der Waals surface area contributed by atoms with Crippen LogP contribution < -0.4 is 24.3 Å². The number of methoxy groups -OCH3 is 2. The molecule has 4 aliphatic heterocycles. The molecular formula is C47H46Cl2F2N4O7. The number of halogens is 4. The predicted molar refractivity (Wildman–Crippen MR) is 233 cm³/mol. The van der Waals surface area contributed by atoms with E-state index in [4.69, 9.17) is 47.3 Å². The zero-order valence-electron chi connectivity index (χ0n) is 33.3. The third kappa shape index (κ3) is 8.44. The molecule has 0 bridgehead atoms. The fraction of sp³-hybridized carbons (Fsp3) is 0.277. The van der Waals surface area contributed by atoms with E-state index in [-0.39, 0.29) is 30.1 Å². The minimum atomic E-state index is -1.30. The molecule has 4 aliphatic rings. The van der Waals surface area contributed by atoms with Gasteiger partial charge in [-0.15, -0.1) is 0 Å². The molecule has 2 N–H and O–H groups in total. The summed E-state index contributed by atoms with van der Waals surface area (Å²) in [6.45, 7) is 2.88. The molecule has 62 heavy (non-hydrogen) atoms. The maximum atomic E-state index is 14.3. The number of carbonyl (C=O) groups excluding carboxylic acids is 1. The smallest absolute Gasteiger partial charge is 0.338 e. The third-order valence-corrected chi connectivity index (χ3v) is 12.0. The molecule has 2 spiro atoms. The van der Waals surface area contributed by atoms with Crippen LogP contribution in [0.25, 0.3) is 11.4 Å². The van der Waals surface area contributed by atoms with E-state index >= 15 is 0 Å². The summed E-state index contributed by atoms with van der Waals surface area (Å²) in [6.07, 6.45) is 7.29. The summed E-state index contributed by atoms with van der Waals surface area (Å²) in [5.41, 5.74) is 3.22. The van der Waals surface area contributed by atoms with E-state index in [0.29, 0.717) is 42.5 Å². The van der Waals surface area contributed by atoms with E-state index < -0.39 is 23.2 Å². The summed E-state index contributed by atoms with van der Waals surface area (Å²) in [5, 5.41) is 13.2. The molecule has 10 rings (SSSR count). The average molecular weight is 888 g/mol. The Labute approximate surface area is 368 Å². The van der Waals surface area contributed by atoms with Crippen molar-refractivity contribution in [2.24, 2.45) is 0 Å². The highest BCUT2D eigenvalue weighted by Gasteiger charge is 2.45. The van der Waals surface area contributed by atoms with Gasteiger partial charge in [0.25, 0.3) is 5.91 Å². The first-order valence-electron chi connectivity index (χ1n) is 19.7. The van der Waals surface area contributed by atoms with Crippen molar-refractivity contribution in [2.45, 2.75) is 44.3 Å². The van der Waals surface area contributed by atoms with E-state index in [2.05, 4.69) is 38.8 Å². The summed E-state index contributed by atoms with van der Waals surface area (Å²) >= 11 is 12.3. The first-order valence-corrected chi connectivity index (χ1v) is 20.4. The Morgan fingerprint density at radius 2 is 1.15 bits per heavy atom. The number of aromatic nitrogens is 2. The lowest BCUT2D eigenvalue weighted by Gasteiger charge is -2.45. The van der Waals surface area contributed by atoms with Gasteiger partial charge in [-0.1, -0.05) is 30.6 Å². The van der Waals surface area contributed by atoms with Gasteiger partial charge in [0, 0.05) is 73.3 Å². The van der Waals surface area contributed by atoms with Crippen LogP contribution in [0, 0.1) is 11.6 Å². The van der Waals surface area contributed by atoms with Crippen LogP contribution in [0.2, 0.25) is 10.0 Å². The maximum absolute atomic E-state index is 14.3. The van der Waals surface area contributed by atoms with E-state index in [1.165, 1.54) is 44.2 Å². The van der Waals surface area contributed by atoms with Gasteiger partial charge in [0.05, 0.1) is 48.1 Å². The Balaban J connectivity index is 0.000000154. The van der Waals surface area contributed by atoms with Crippen molar-refractivity contribution >= 4 is 35.1 Å². The number of hydrogen-bond donors (Lipinski definition) is 2. The normalized spacial score (nSPS) is 15.9. The molecule has 0 atom stereocenters. The summed E-state index contributed by atoms with van der Waals surface area (Å²) in [7, 11) is 2.88. The molecule has 0 radical (unpaired) electrons. The minimum absolute atomic E-state index is 0. The summed E-state index contributed by atoms with van der Waals surface area (Å²) in [6, 6.07) is 27.5. The Bertz CT molecular complexity index is 2600. The van der Waals surface area contributed by atoms with Crippen molar-refractivity contribution in [3.8, 4) is 34.4 Å². The highest BCUT2D eigenvalue weighted by Crippen LogP contribution is 2.47. The van der Waals surface area contributed by atoms with Crippen molar-refractivity contribution in [1.82, 2.24) is 19.4 Å². The molecule has 4 aromatic carbocycles. The number of fused-ring (bicyclic) bond motifs is 8. The number of carboxylic acids is 1. The highest BCUT2D eigenvalue weighted by atomic mass is 35.5. The summed E-state index contributed by atoms with van der Waals surface area (Å²) in [4.78, 5) is 25.0. The molecule has 11 nitrogen and oxygen atoms in total. The molecule has 0 unspecified atom stereocenters. The van der Waals surface area contributed by atoms with Gasteiger partial charge in [-0.25, -0.2) is 13.6 Å². The van der Waals surface area contributed by atoms with E-state index in [1.807, 2.05) is 48.7 Å². The molecule has 15 heteroatoms. The number of aromatic carboxylic acids is 1. The minimum Gasteiger partial charge on any atom is -0.497 e. The fourth-order valence-electron chi connectivity index (χ4n) is 8.37. The highest BCUT2D eigenvalue weighted by molar-refractivity contribution is 6.31. The van der Waals surface area contributed by atoms with Gasteiger partial charge in [-0.3, -0.25) is 4.79 Å². The molecular weight excluding hydrogens is 841 g/mol. The number of nitrogens with zero attached hydrogens (tertiary/aromatic N) is 3. The molecule has 6 heterocycles. The molecule has 1 amide bonds. The van der Waals surface area contributed by atoms with Crippen LogP contribution in [0.1, 0.15) is 65.2 Å². The van der Waals surface area contributed by atoms with Crippen LogP contribution in [0.4, 0.5) is 8.78 Å². The first-order chi connectivity index (χ1) is 29.4. The molecule has 6 aromatic rings. The second-order valence-corrected chi connectivity index (χ2v) is 15.9. The fourth-order valence-corrected chi connectivity index (χ4v) is 8.69. The van der Waals surface area contributed by atoms with Crippen LogP contribution in [0.15, 0.2) is 109 Å². The second kappa shape index (κ2) is 18.1. The zero-order valence-corrected chi connectivity index (χ0v) is 34.8. The number of amides is 1. The lowest BCUT2D eigenvalue weighted by molar-refractivity contribution is -0.00942. The van der Waals surface area contributed by atoms with Crippen molar-refractivity contribution in [1.29, 1.82) is 0 Å². The molecule has 2 aromatic heterocycles. The Morgan fingerprint density at radius 1 is 0.677 bits per heavy atom. The van der Waals surface area contributed by atoms with Gasteiger partial charge in [0.1, 0.15) is 34.6 Å². The van der Waals surface area contributed by atoms with Crippen molar-refractivity contribution in [3.63, 3.8) is 0 Å². The molecule has 324 valence electrons. The number of rotatable bonds is 4. The van der Waals surface area contributed by atoms with Crippen LogP contribution >= 0.6 is 23.2 Å². The quantitative estimate of drug-likeness (QED) is 0.180. The van der Waals surface area contributed by atoms with Crippen LogP contribution in [0.5, 0.6) is 23.0 Å². The van der Waals surface area contributed by atoms with Crippen molar-refractivity contribution in [2.75, 3.05) is 40.4 Å². The number of piperidine rings is 2. The number of ether oxygens (including phenoxy) is 4. The summed E-state index contributed by atoms with van der Waals surface area (Å²) < 4.78 is 54.1. The molecule has 2 saturated heterocycles. The van der Waals surface area contributed by atoms with Gasteiger partial charge in [-0.2, -0.15) is 0 Å². The van der Waals surface area contributed by atoms with Crippen molar-refractivity contribution in [3.05, 3.63) is 154 Å². The van der Waals surface area contributed by atoms with Crippen LogP contribution in [-0.4, -0.2) is 71.4 Å². The van der Waals surface area contributed by atoms with Gasteiger partial charge in [0.15, 0.2) is 11.2 Å². The maximum Gasteiger partial charge on any atom is 0.338 e. The number of carboxylic acid groups (broad SMARTS) is 1. The number of hydrogen-bond acceptors (Lipinski definition) is 7. The third-order valence-electron chi connectivity index (χ3n) is 11.5. The van der Waals surface area contributed by atoms with Gasteiger partial charge < -0.3 is 43.4 Å². The van der Waals surface area contributed by atoms with E-state index in [0.717, 1.165) is 71.7 Å². The van der Waals surface area contributed by atoms with E-state index in [1.54, 1.807) is 4.90 Å².